The minimum Gasteiger partial charge on any atom is -0.205 e. The van der Waals surface area contributed by atoms with Crippen LogP contribution in [-0.4, -0.2) is 21.0 Å². The highest BCUT2D eigenvalue weighted by molar-refractivity contribution is 7.87. The summed E-state index contributed by atoms with van der Waals surface area (Å²) in [4.78, 5) is 0. The van der Waals surface area contributed by atoms with Crippen LogP contribution in [0.15, 0.2) is 0 Å². The number of rotatable bonds is 3. The lowest BCUT2D eigenvalue weighted by molar-refractivity contribution is -0.00822. The Morgan fingerprint density at radius 2 is 1.44 bits per heavy atom. The van der Waals surface area contributed by atoms with Gasteiger partial charge in [-0.3, -0.25) is 0 Å². The molecule has 4 aliphatic rings. The zero-order valence-electron chi connectivity index (χ0n) is 9.70. The Bertz CT molecular complexity index is 356. The topological polar surface area (TPSA) is 58.2 Å². The van der Waals surface area contributed by atoms with Gasteiger partial charge in [-0.05, 0) is 56.3 Å². The first-order chi connectivity index (χ1) is 7.50. The molecular weight excluding hydrogens is 224 g/mol. The molecule has 5 heteroatoms. The maximum atomic E-state index is 11.7. The van der Waals surface area contributed by atoms with Crippen molar-refractivity contribution in [3.63, 3.8) is 0 Å². The van der Waals surface area contributed by atoms with E-state index in [1.165, 1.54) is 26.3 Å². The van der Waals surface area contributed by atoms with Crippen LogP contribution >= 0.6 is 0 Å². The fourth-order valence-corrected chi connectivity index (χ4v) is 5.49. The first-order valence-corrected chi connectivity index (χ1v) is 7.71. The molecule has 92 valence electrons. The van der Waals surface area contributed by atoms with Gasteiger partial charge in [0.15, 0.2) is 0 Å². The normalized spacial score (nSPS) is 46.2. The average Bonchev–Trinajstić information content (AvgIpc) is 2.13. The molecule has 4 aliphatic carbocycles. The van der Waals surface area contributed by atoms with E-state index in [2.05, 4.69) is 9.44 Å². The predicted octanol–water partition coefficient (Wildman–Crippen LogP) is 1.01. The molecule has 0 amide bonds. The molecule has 0 aromatic heterocycles. The molecule has 0 unspecified atom stereocenters. The summed E-state index contributed by atoms with van der Waals surface area (Å²) in [5.41, 5.74) is -0.114. The van der Waals surface area contributed by atoms with Gasteiger partial charge in [-0.25, -0.2) is 4.72 Å². The first kappa shape index (κ1) is 11.0. The van der Waals surface area contributed by atoms with Gasteiger partial charge in [0.05, 0.1) is 0 Å². The summed E-state index contributed by atoms with van der Waals surface area (Å²) in [6, 6.07) is 0. The van der Waals surface area contributed by atoms with E-state index in [9.17, 15) is 8.42 Å². The summed E-state index contributed by atoms with van der Waals surface area (Å²) in [6.45, 7) is 0. The number of hydrogen-bond acceptors (Lipinski definition) is 2. The third-order valence-electron chi connectivity index (χ3n) is 4.66. The molecule has 0 spiro atoms. The third kappa shape index (κ3) is 1.79. The van der Waals surface area contributed by atoms with Crippen molar-refractivity contribution in [2.45, 2.75) is 44.1 Å². The van der Waals surface area contributed by atoms with Gasteiger partial charge in [-0.1, -0.05) is 0 Å². The summed E-state index contributed by atoms with van der Waals surface area (Å²) >= 11 is 0. The molecule has 0 saturated heterocycles. The summed E-state index contributed by atoms with van der Waals surface area (Å²) in [7, 11) is -1.81. The van der Waals surface area contributed by atoms with Gasteiger partial charge >= 0.3 is 0 Å². The van der Waals surface area contributed by atoms with Crippen LogP contribution in [0.2, 0.25) is 0 Å². The van der Waals surface area contributed by atoms with Crippen molar-refractivity contribution in [1.29, 1.82) is 0 Å². The molecular formula is C11H20N2O2S. The number of hydrogen-bond donors (Lipinski definition) is 2. The van der Waals surface area contributed by atoms with Crippen LogP contribution in [0.1, 0.15) is 38.5 Å². The smallest absolute Gasteiger partial charge is 0.205 e. The first-order valence-electron chi connectivity index (χ1n) is 6.23. The highest BCUT2D eigenvalue weighted by Crippen LogP contribution is 2.55. The van der Waals surface area contributed by atoms with Crippen LogP contribution in [0.25, 0.3) is 0 Å². The molecule has 0 heterocycles. The van der Waals surface area contributed by atoms with E-state index < -0.39 is 10.2 Å². The summed E-state index contributed by atoms with van der Waals surface area (Å²) < 4.78 is 28.6. The lowest BCUT2D eigenvalue weighted by atomic mass is 9.53. The fourth-order valence-electron chi connectivity index (χ4n) is 4.57. The van der Waals surface area contributed by atoms with Crippen molar-refractivity contribution in [3.05, 3.63) is 0 Å². The molecule has 2 N–H and O–H groups in total. The molecule has 0 aromatic carbocycles. The van der Waals surface area contributed by atoms with Gasteiger partial charge < -0.3 is 0 Å². The van der Waals surface area contributed by atoms with Crippen molar-refractivity contribution in [2.24, 2.45) is 17.8 Å². The standard InChI is InChI=1S/C11H20N2O2S/c1-12-16(14,15)13-11-5-8-2-9(6-11)4-10(3-8)7-11/h8-10,12-13H,2-7H2,1H3. The van der Waals surface area contributed by atoms with Crippen LogP contribution in [0, 0.1) is 17.8 Å². The van der Waals surface area contributed by atoms with Gasteiger partial charge in [0.25, 0.3) is 10.2 Å². The Balaban J connectivity index is 1.84. The largest absolute Gasteiger partial charge is 0.277 e. The monoisotopic (exact) mass is 244 g/mol. The van der Waals surface area contributed by atoms with Crippen molar-refractivity contribution >= 4 is 10.2 Å². The van der Waals surface area contributed by atoms with E-state index in [0.29, 0.717) is 0 Å². The molecule has 0 atom stereocenters. The molecule has 0 radical (unpaired) electrons. The highest BCUT2D eigenvalue weighted by Gasteiger charge is 2.52. The molecule has 4 rings (SSSR count). The summed E-state index contributed by atoms with van der Waals surface area (Å²) in [5, 5.41) is 0. The summed E-state index contributed by atoms with van der Waals surface area (Å²) in [5.74, 6) is 2.31. The van der Waals surface area contributed by atoms with E-state index >= 15 is 0 Å². The second-order valence-electron chi connectivity index (χ2n) is 6.01. The van der Waals surface area contributed by atoms with E-state index in [4.69, 9.17) is 0 Å². The van der Waals surface area contributed by atoms with Gasteiger partial charge in [0.1, 0.15) is 0 Å². The van der Waals surface area contributed by atoms with E-state index in [1.54, 1.807) is 0 Å². The Hall–Kier alpha value is -0.130. The quantitative estimate of drug-likeness (QED) is 0.778. The van der Waals surface area contributed by atoms with Crippen molar-refractivity contribution < 1.29 is 8.42 Å². The van der Waals surface area contributed by atoms with Crippen molar-refractivity contribution in [2.75, 3.05) is 7.05 Å². The van der Waals surface area contributed by atoms with Crippen molar-refractivity contribution in [3.8, 4) is 0 Å². The van der Waals surface area contributed by atoms with E-state index in [0.717, 1.165) is 37.0 Å². The minimum atomic E-state index is -3.28. The van der Waals surface area contributed by atoms with Crippen LogP contribution in [-0.2, 0) is 10.2 Å². The minimum absolute atomic E-state index is 0.114. The molecule has 4 saturated carbocycles. The Labute approximate surface area is 97.4 Å². The maximum absolute atomic E-state index is 11.7. The SMILES string of the molecule is CNS(=O)(=O)NC12CC3CC(CC(C3)C1)C2. The van der Waals surface area contributed by atoms with Crippen LogP contribution in [0.5, 0.6) is 0 Å². The average molecular weight is 244 g/mol. The molecule has 4 nitrogen and oxygen atoms in total. The second kappa shape index (κ2) is 3.43. The molecule has 4 bridgehead atoms. The van der Waals surface area contributed by atoms with Crippen LogP contribution in [0.3, 0.4) is 0 Å². The molecule has 0 aromatic rings. The van der Waals surface area contributed by atoms with Gasteiger partial charge in [0, 0.05) is 12.6 Å². The second-order valence-corrected chi connectivity index (χ2v) is 7.63. The lowest BCUT2D eigenvalue weighted by Gasteiger charge is -2.56. The zero-order valence-corrected chi connectivity index (χ0v) is 10.5. The van der Waals surface area contributed by atoms with Crippen molar-refractivity contribution in [1.82, 2.24) is 9.44 Å². The Morgan fingerprint density at radius 3 is 1.81 bits per heavy atom. The van der Waals surface area contributed by atoms with Crippen LogP contribution in [0.4, 0.5) is 0 Å². The Kier molecular flexibility index (Phi) is 2.36. The van der Waals surface area contributed by atoms with Gasteiger partial charge in [-0.2, -0.15) is 13.1 Å². The number of nitrogens with one attached hydrogen (secondary N) is 2. The predicted molar refractivity (Wildman–Crippen MR) is 62.0 cm³/mol. The third-order valence-corrected chi connectivity index (χ3v) is 5.90. The fraction of sp³-hybridized carbons (Fsp3) is 1.00. The Morgan fingerprint density at radius 1 is 1.00 bits per heavy atom. The lowest BCUT2D eigenvalue weighted by Crippen LogP contribution is -2.61. The van der Waals surface area contributed by atoms with Crippen LogP contribution < -0.4 is 9.44 Å². The zero-order chi connectivity index (χ0) is 11.4. The summed E-state index contributed by atoms with van der Waals surface area (Å²) in [6.07, 6.45) is 7.17. The molecule has 4 fully saturated rings. The van der Waals surface area contributed by atoms with Gasteiger partial charge in [0.2, 0.25) is 0 Å². The molecule has 16 heavy (non-hydrogen) atoms. The van der Waals surface area contributed by atoms with Gasteiger partial charge in [-0.15, -0.1) is 0 Å². The molecule has 0 aliphatic heterocycles. The highest BCUT2D eigenvalue weighted by atomic mass is 32.2. The van der Waals surface area contributed by atoms with E-state index in [-0.39, 0.29) is 5.54 Å². The van der Waals surface area contributed by atoms with E-state index in [1.807, 2.05) is 0 Å². The maximum Gasteiger partial charge on any atom is 0.277 e.